The number of fused-ring (bicyclic) bond motifs is 2. The summed E-state index contributed by atoms with van der Waals surface area (Å²) in [6, 6.07) is 1.78. The number of nitrogens with zero attached hydrogens (tertiary/aromatic N) is 4. The average Bonchev–Trinajstić information content (AvgIpc) is 3.54. The maximum atomic E-state index is 12.8. The molecule has 1 aliphatic rings. The van der Waals surface area contributed by atoms with Gasteiger partial charge in [0.2, 0.25) is 5.78 Å². The van der Waals surface area contributed by atoms with E-state index in [9.17, 15) is 14.4 Å². The topological polar surface area (TPSA) is 96.1 Å². The van der Waals surface area contributed by atoms with Crippen LogP contribution in [0.2, 0.25) is 0 Å². The molecule has 0 bridgehead atoms. The average molecular weight is 469 g/mol. The van der Waals surface area contributed by atoms with Crippen molar-refractivity contribution in [3.63, 3.8) is 0 Å². The summed E-state index contributed by atoms with van der Waals surface area (Å²) in [4.78, 5) is 48.1. The number of thiazole rings is 1. The van der Waals surface area contributed by atoms with Crippen LogP contribution in [-0.4, -0.2) is 37.5 Å². The van der Waals surface area contributed by atoms with Crippen LogP contribution in [0.25, 0.3) is 15.3 Å². The van der Waals surface area contributed by atoms with Gasteiger partial charge < -0.3 is 4.74 Å². The molecule has 0 fully saturated rings. The van der Waals surface area contributed by atoms with E-state index in [4.69, 9.17) is 4.74 Å². The van der Waals surface area contributed by atoms with Crippen molar-refractivity contribution in [1.82, 2.24) is 19.1 Å². The van der Waals surface area contributed by atoms with E-state index < -0.39 is 5.97 Å². The maximum absolute atomic E-state index is 12.8. The molecule has 5 rings (SSSR count). The fraction of sp³-hybridized carbons (Fsp3) is 0.318. The Morgan fingerprint density at radius 3 is 2.81 bits per heavy atom. The van der Waals surface area contributed by atoms with E-state index in [1.54, 1.807) is 23.8 Å². The summed E-state index contributed by atoms with van der Waals surface area (Å²) >= 11 is 2.63. The number of carbonyl (C=O) groups excluding carboxylic acids is 2. The van der Waals surface area contributed by atoms with Gasteiger partial charge in [-0.05, 0) is 38.8 Å². The van der Waals surface area contributed by atoms with E-state index in [2.05, 4.69) is 9.97 Å². The molecule has 0 saturated carbocycles. The highest BCUT2D eigenvalue weighted by molar-refractivity contribution is 7.20. The van der Waals surface area contributed by atoms with Crippen molar-refractivity contribution in [3.05, 3.63) is 61.2 Å². The molecular formula is C22H20N4O4S2. The molecule has 0 aliphatic carbocycles. The Morgan fingerprint density at radius 2 is 2.06 bits per heavy atom. The molecule has 0 radical (unpaired) electrons. The molecule has 0 unspecified atom stereocenters. The maximum Gasteiger partial charge on any atom is 0.349 e. The molecular weight excluding hydrogens is 448 g/mol. The number of hydrogen-bond donors (Lipinski definition) is 0. The highest BCUT2D eigenvalue weighted by Crippen LogP contribution is 2.29. The fourth-order valence-corrected chi connectivity index (χ4v) is 6.05. The van der Waals surface area contributed by atoms with Crippen LogP contribution >= 0.6 is 22.7 Å². The molecule has 0 saturated heterocycles. The van der Waals surface area contributed by atoms with Crippen LogP contribution in [0.5, 0.6) is 0 Å². The van der Waals surface area contributed by atoms with E-state index in [0.717, 1.165) is 46.5 Å². The summed E-state index contributed by atoms with van der Waals surface area (Å²) in [6.07, 6.45) is 3.37. The Kier molecular flexibility index (Phi) is 5.06. The summed E-state index contributed by atoms with van der Waals surface area (Å²) in [5.41, 5.74) is 2.58. The Morgan fingerprint density at radius 1 is 1.25 bits per heavy atom. The summed E-state index contributed by atoms with van der Waals surface area (Å²) < 4.78 is 8.94. The number of Topliss-reactive ketones (excluding diaryl/α,β-unsaturated/α-hetero) is 1. The summed E-state index contributed by atoms with van der Waals surface area (Å²) in [6.45, 7) is 5.75. The molecule has 0 aromatic carbocycles. The lowest BCUT2D eigenvalue weighted by Crippen LogP contribution is -2.20. The lowest BCUT2D eigenvalue weighted by Gasteiger charge is -2.06. The third kappa shape index (κ3) is 3.21. The summed E-state index contributed by atoms with van der Waals surface area (Å²) in [5.74, 6) is -0.142. The van der Waals surface area contributed by atoms with Gasteiger partial charge >= 0.3 is 5.97 Å². The number of thiophene rings is 1. The number of esters is 1. The minimum absolute atomic E-state index is 0.110. The van der Waals surface area contributed by atoms with Gasteiger partial charge in [0.25, 0.3) is 5.56 Å². The van der Waals surface area contributed by atoms with Crippen molar-refractivity contribution in [2.45, 2.75) is 40.2 Å². The zero-order valence-electron chi connectivity index (χ0n) is 17.8. The van der Waals surface area contributed by atoms with E-state index in [1.165, 1.54) is 11.3 Å². The Balaban J connectivity index is 1.38. The van der Waals surface area contributed by atoms with E-state index in [0.29, 0.717) is 32.8 Å². The minimum atomic E-state index is -0.614. The van der Waals surface area contributed by atoms with Crippen molar-refractivity contribution in [3.8, 4) is 5.13 Å². The lowest BCUT2D eigenvalue weighted by molar-refractivity contribution is 0.0479. The van der Waals surface area contributed by atoms with E-state index in [-0.39, 0.29) is 17.9 Å². The number of aromatic nitrogens is 4. The molecule has 1 aliphatic heterocycles. The van der Waals surface area contributed by atoms with Gasteiger partial charge in [0.1, 0.15) is 15.5 Å². The first-order valence-corrected chi connectivity index (χ1v) is 11.9. The molecule has 5 heterocycles. The second kappa shape index (κ2) is 7.79. The van der Waals surface area contributed by atoms with Crippen LogP contribution < -0.4 is 5.56 Å². The lowest BCUT2D eigenvalue weighted by atomic mass is 10.1. The predicted octanol–water partition coefficient (Wildman–Crippen LogP) is 3.62. The third-order valence-electron chi connectivity index (χ3n) is 5.77. The minimum Gasteiger partial charge on any atom is -0.453 e. The van der Waals surface area contributed by atoms with Crippen LogP contribution in [0, 0.1) is 20.8 Å². The molecule has 0 amide bonds. The molecule has 164 valence electrons. The van der Waals surface area contributed by atoms with E-state index in [1.807, 2.05) is 23.8 Å². The number of hydrogen-bond acceptors (Lipinski definition) is 8. The molecule has 0 spiro atoms. The normalized spacial score (nSPS) is 13.0. The van der Waals surface area contributed by atoms with Crippen LogP contribution in [0.15, 0.2) is 22.4 Å². The van der Waals surface area contributed by atoms with Gasteiger partial charge in [-0.2, -0.15) is 0 Å². The fourth-order valence-electron chi connectivity index (χ4n) is 4.21. The Hall–Kier alpha value is -3.11. The van der Waals surface area contributed by atoms with E-state index >= 15 is 0 Å². The van der Waals surface area contributed by atoms with Crippen LogP contribution in [0.1, 0.15) is 49.2 Å². The third-order valence-corrected chi connectivity index (χ3v) is 7.70. The standard InChI is InChI=1S/C22H20N4O4S2/c1-11-9-14(13(3)26(11)22-23-6-8-31-22)15(27)10-30-21(29)18-12(2)17-19(32-18)24-16-5-4-7-25(16)20(17)28/h6,8-9H,4-5,7,10H2,1-3H3. The van der Waals surface area contributed by atoms with Gasteiger partial charge in [0.15, 0.2) is 11.7 Å². The van der Waals surface area contributed by atoms with Crippen LogP contribution in [-0.2, 0) is 17.7 Å². The van der Waals surface area contributed by atoms with Crippen molar-refractivity contribution in [2.75, 3.05) is 6.61 Å². The number of aryl methyl sites for hydroxylation is 3. The van der Waals surface area contributed by atoms with Crippen molar-refractivity contribution < 1.29 is 14.3 Å². The first-order chi connectivity index (χ1) is 15.4. The number of rotatable bonds is 5. The molecule has 0 N–H and O–H groups in total. The van der Waals surface area contributed by atoms with Gasteiger partial charge in [-0.1, -0.05) is 0 Å². The zero-order chi connectivity index (χ0) is 22.6. The Labute approximate surface area is 191 Å². The molecule has 0 atom stereocenters. The number of ketones is 1. The highest BCUT2D eigenvalue weighted by Gasteiger charge is 2.25. The predicted molar refractivity (Wildman–Crippen MR) is 122 cm³/mol. The summed E-state index contributed by atoms with van der Waals surface area (Å²) in [5, 5.41) is 3.12. The summed E-state index contributed by atoms with van der Waals surface area (Å²) in [7, 11) is 0. The number of carbonyl (C=O) groups is 2. The SMILES string of the molecule is Cc1c(C(=O)OCC(=O)c2cc(C)n(-c3nccs3)c2C)sc2nc3n(c(=O)c12)CCC3. The molecule has 8 nitrogen and oxygen atoms in total. The highest BCUT2D eigenvalue weighted by atomic mass is 32.1. The Bertz CT molecular complexity index is 1440. The van der Waals surface area contributed by atoms with Crippen LogP contribution in [0.4, 0.5) is 0 Å². The van der Waals surface area contributed by atoms with Crippen molar-refractivity contribution in [1.29, 1.82) is 0 Å². The molecule has 4 aromatic rings. The van der Waals surface area contributed by atoms with Gasteiger partial charge in [0.05, 0.1) is 5.39 Å². The molecule has 10 heteroatoms. The quantitative estimate of drug-likeness (QED) is 0.328. The first kappa shape index (κ1) is 20.8. The smallest absolute Gasteiger partial charge is 0.349 e. The first-order valence-electron chi connectivity index (χ1n) is 10.2. The monoisotopic (exact) mass is 468 g/mol. The molecule has 32 heavy (non-hydrogen) atoms. The van der Waals surface area contributed by atoms with Gasteiger partial charge in [-0.3, -0.25) is 18.7 Å². The zero-order valence-corrected chi connectivity index (χ0v) is 19.4. The number of ether oxygens (including phenoxy) is 1. The van der Waals surface area contributed by atoms with Crippen LogP contribution in [0.3, 0.4) is 0 Å². The van der Waals surface area contributed by atoms with Gasteiger partial charge in [0, 0.05) is 41.5 Å². The van der Waals surface area contributed by atoms with Gasteiger partial charge in [-0.25, -0.2) is 14.8 Å². The molecule has 4 aromatic heterocycles. The van der Waals surface area contributed by atoms with Gasteiger partial charge in [-0.15, -0.1) is 22.7 Å². The second-order valence-corrected chi connectivity index (χ2v) is 9.63. The van der Waals surface area contributed by atoms with Crippen molar-refractivity contribution in [2.24, 2.45) is 0 Å². The second-order valence-electron chi connectivity index (χ2n) is 7.76. The van der Waals surface area contributed by atoms with Crippen molar-refractivity contribution >= 4 is 44.6 Å². The largest absolute Gasteiger partial charge is 0.453 e.